The molecular weight excluding hydrogens is 1150 g/mol. The molecule has 0 radical (unpaired) electrons. The third-order valence-electron chi connectivity index (χ3n) is 19.1. The Labute approximate surface area is 557 Å². The van der Waals surface area contributed by atoms with E-state index in [-0.39, 0.29) is 12.5 Å². The van der Waals surface area contributed by atoms with Crippen LogP contribution in [0.15, 0.2) is 36.5 Å². The molecule has 91 heavy (non-hydrogen) atoms. The molecule has 2 rings (SSSR count). The van der Waals surface area contributed by atoms with Gasteiger partial charge < -0.3 is 65.1 Å². The second-order valence-corrected chi connectivity index (χ2v) is 27.5. The first-order valence-corrected chi connectivity index (χ1v) is 38.7. The fraction of sp³-hybridized carbons (Fsp3) is 0.909. The molecule has 0 aromatic carbocycles. The van der Waals surface area contributed by atoms with Gasteiger partial charge in [-0.15, -0.1) is 0 Å². The van der Waals surface area contributed by atoms with Crippen LogP contribution in [0.4, 0.5) is 0 Å². The lowest BCUT2D eigenvalue weighted by atomic mass is 9.97. The average molecular weight is 1290 g/mol. The molecule has 1 amide bonds. The number of unbranched alkanes of at least 4 members (excludes halogenated alkanes) is 46. The summed E-state index contributed by atoms with van der Waals surface area (Å²) < 4.78 is 23.0. The van der Waals surface area contributed by atoms with Crippen molar-refractivity contribution in [1.29, 1.82) is 0 Å². The van der Waals surface area contributed by atoms with E-state index in [0.29, 0.717) is 12.8 Å². The van der Waals surface area contributed by atoms with E-state index in [1.54, 1.807) is 0 Å². The first-order chi connectivity index (χ1) is 44.6. The molecule has 14 heteroatoms. The van der Waals surface area contributed by atoms with Crippen molar-refractivity contribution in [2.45, 2.75) is 428 Å². The summed E-state index contributed by atoms with van der Waals surface area (Å²) in [4.78, 5) is 13.4. The van der Waals surface area contributed by atoms with Gasteiger partial charge in [0.05, 0.1) is 32.0 Å². The molecule has 2 fully saturated rings. The number of ether oxygens (including phenoxy) is 4. The lowest BCUT2D eigenvalue weighted by molar-refractivity contribution is -0.359. The Bertz CT molecular complexity index is 1670. The first kappa shape index (κ1) is 85.3. The first-order valence-electron chi connectivity index (χ1n) is 38.7. The van der Waals surface area contributed by atoms with Crippen LogP contribution < -0.4 is 5.32 Å². The van der Waals surface area contributed by atoms with Crippen molar-refractivity contribution >= 4 is 5.91 Å². The summed E-state index contributed by atoms with van der Waals surface area (Å²) in [5.74, 6) is -0.200. The number of allylic oxidation sites excluding steroid dienone is 6. The number of nitrogens with one attached hydrogen (secondary N) is 1. The molecule has 2 aliphatic heterocycles. The Balaban J connectivity index is 1.61. The number of carbonyl (C=O) groups is 1. The van der Waals surface area contributed by atoms with Crippen molar-refractivity contribution in [2.75, 3.05) is 19.8 Å². The van der Waals surface area contributed by atoms with Crippen molar-refractivity contribution in [3.63, 3.8) is 0 Å². The molecular formula is C77H145NO13. The molecule has 12 atom stereocenters. The number of aliphatic hydroxyl groups excluding tert-OH is 8. The van der Waals surface area contributed by atoms with Gasteiger partial charge in [0.15, 0.2) is 12.6 Å². The Kier molecular flexibility index (Phi) is 57.9. The predicted octanol–water partition coefficient (Wildman–Crippen LogP) is 16.9. The second kappa shape index (κ2) is 61.8. The molecule has 14 nitrogen and oxygen atoms in total. The average Bonchev–Trinajstić information content (AvgIpc) is 1.28. The number of hydrogen-bond acceptors (Lipinski definition) is 13. The topological polar surface area (TPSA) is 228 Å². The zero-order chi connectivity index (χ0) is 65.9. The molecule has 0 aromatic rings. The van der Waals surface area contributed by atoms with Crippen LogP contribution >= 0.6 is 0 Å². The van der Waals surface area contributed by atoms with Gasteiger partial charge in [-0.25, -0.2) is 0 Å². The van der Waals surface area contributed by atoms with Crippen LogP contribution in [0.2, 0.25) is 0 Å². The van der Waals surface area contributed by atoms with Crippen molar-refractivity contribution in [3.05, 3.63) is 36.5 Å². The maximum Gasteiger partial charge on any atom is 0.220 e. The summed E-state index contributed by atoms with van der Waals surface area (Å²) in [7, 11) is 0. The highest BCUT2D eigenvalue weighted by atomic mass is 16.7. The van der Waals surface area contributed by atoms with E-state index in [1.807, 2.05) is 0 Å². The Hall–Kier alpha value is -1.79. The zero-order valence-electron chi connectivity index (χ0n) is 58.6. The van der Waals surface area contributed by atoms with Crippen LogP contribution in [0.25, 0.3) is 0 Å². The molecule has 0 saturated carbocycles. The largest absolute Gasteiger partial charge is 0.394 e. The molecule has 536 valence electrons. The van der Waals surface area contributed by atoms with Gasteiger partial charge in [0.1, 0.15) is 48.8 Å². The van der Waals surface area contributed by atoms with Crippen LogP contribution in [0, 0.1) is 0 Å². The summed E-state index contributed by atoms with van der Waals surface area (Å²) in [6, 6.07) is -0.829. The third-order valence-corrected chi connectivity index (χ3v) is 19.1. The highest BCUT2D eigenvalue weighted by Crippen LogP contribution is 2.30. The minimum absolute atomic E-state index is 0.200. The zero-order valence-corrected chi connectivity index (χ0v) is 58.6. The van der Waals surface area contributed by atoms with E-state index in [9.17, 15) is 45.6 Å². The van der Waals surface area contributed by atoms with E-state index in [1.165, 1.54) is 263 Å². The molecule has 0 aromatic heterocycles. The smallest absolute Gasteiger partial charge is 0.220 e. The van der Waals surface area contributed by atoms with Gasteiger partial charge in [-0.1, -0.05) is 333 Å². The molecule has 2 heterocycles. The summed E-state index contributed by atoms with van der Waals surface area (Å²) in [5, 5.41) is 87.8. The molecule has 2 saturated heterocycles. The van der Waals surface area contributed by atoms with Crippen LogP contribution in [0.3, 0.4) is 0 Å². The fourth-order valence-corrected chi connectivity index (χ4v) is 13.0. The standard InChI is InChI=1S/C77H145NO13/c1-3-5-7-9-11-13-15-17-19-21-23-25-27-29-30-31-32-33-34-35-36-37-39-41-43-45-47-49-51-53-55-57-59-61-69(82)78-65(64-88-76-74(87)72(85)75(68(63-80)90-76)91-77-73(86)71(84)70(83)67(62-79)89-77)66(81)60-58-56-54-52-50-48-46-44-42-40-38-28-26-24-22-20-18-16-14-12-10-8-6-4-2/h15,17,21,23,27,29,65-68,70-77,79-81,83-87H,3-14,16,18-20,22,24-26,28,30-64H2,1-2H3,(H,78,82)/b17-15-,23-21-,29-27-. The lowest BCUT2D eigenvalue weighted by Gasteiger charge is -2.46. The van der Waals surface area contributed by atoms with Crippen LogP contribution in [-0.4, -0.2) is 140 Å². The van der Waals surface area contributed by atoms with Crippen molar-refractivity contribution < 1.29 is 64.6 Å². The van der Waals surface area contributed by atoms with Gasteiger partial charge in [-0.2, -0.15) is 0 Å². The molecule has 12 unspecified atom stereocenters. The van der Waals surface area contributed by atoms with Crippen LogP contribution in [0.1, 0.15) is 354 Å². The summed E-state index contributed by atoms with van der Waals surface area (Å²) >= 11 is 0. The highest BCUT2D eigenvalue weighted by Gasteiger charge is 2.51. The highest BCUT2D eigenvalue weighted by molar-refractivity contribution is 5.76. The Morgan fingerprint density at radius 1 is 0.396 bits per heavy atom. The quantitative estimate of drug-likeness (QED) is 0.0204. The molecule has 0 bridgehead atoms. The van der Waals surface area contributed by atoms with E-state index in [0.717, 1.165) is 64.2 Å². The van der Waals surface area contributed by atoms with Gasteiger partial charge in [-0.05, 0) is 51.4 Å². The van der Waals surface area contributed by atoms with Gasteiger partial charge >= 0.3 is 0 Å². The van der Waals surface area contributed by atoms with Crippen molar-refractivity contribution in [3.8, 4) is 0 Å². The SMILES string of the molecule is CCCCCCC/C=C\C/C=C\C/C=C\CCCCCCCCCCCCCCCCCCCCC(=O)NC(COC1OC(CO)C(OC2OC(CO)C(O)C(O)C2O)C(O)C1O)C(O)CCCCCCCCCCCCCCCCCCCCCCCCCC. The Morgan fingerprint density at radius 2 is 0.725 bits per heavy atom. The number of rotatable bonds is 65. The minimum atomic E-state index is -1.78. The molecule has 0 spiro atoms. The second-order valence-electron chi connectivity index (χ2n) is 27.5. The normalized spacial score (nSPS) is 22.9. The molecule has 9 N–H and O–H groups in total. The number of amides is 1. The predicted molar refractivity (Wildman–Crippen MR) is 374 cm³/mol. The van der Waals surface area contributed by atoms with Crippen molar-refractivity contribution in [1.82, 2.24) is 5.32 Å². The van der Waals surface area contributed by atoms with Gasteiger partial charge in [0.2, 0.25) is 5.91 Å². The maximum atomic E-state index is 13.4. The maximum absolute atomic E-state index is 13.4. The summed E-state index contributed by atoms with van der Waals surface area (Å²) in [5.41, 5.74) is 0. The number of carbonyl (C=O) groups excluding carboxylic acids is 1. The molecule has 2 aliphatic rings. The van der Waals surface area contributed by atoms with E-state index >= 15 is 0 Å². The Morgan fingerprint density at radius 3 is 1.11 bits per heavy atom. The van der Waals surface area contributed by atoms with E-state index in [2.05, 4.69) is 55.6 Å². The van der Waals surface area contributed by atoms with E-state index < -0.39 is 86.8 Å². The van der Waals surface area contributed by atoms with E-state index in [4.69, 9.17) is 18.9 Å². The molecule has 0 aliphatic carbocycles. The van der Waals surface area contributed by atoms with Gasteiger partial charge in [0.25, 0.3) is 0 Å². The van der Waals surface area contributed by atoms with Crippen LogP contribution in [-0.2, 0) is 23.7 Å². The third kappa shape index (κ3) is 45.4. The van der Waals surface area contributed by atoms with Gasteiger partial charge in [-0.3, -0.25) is 4.79 Å². The number of aliphatic hydroxyl groups is 8. The summed E-state index contributed by atoms with van der Waals surface area (Å²) in [6.45, 7) is 2.91. The monoisotopic (exact) mass is 1290 g/mol. The number of hydrogen-bond donors (Lipinski definition) is 9. The fourth-order valence-electron chi connectivity index (χ4n) is 13.0. The lowest BCUT2D eigenvalue weighted by Crippen LogP contribution is -2.65. The summed E-state index contributed by atoms with van der Waals surface area (Å²) in [6.07, 6.45) is 63.1. The van der Waals surface area contributed by atoms with Crippen molar-refractivity contribution in [2.24, 2.45) is 0 Å². The van der Waals surface area contributed by atoms with Crippen LogP contribution in [0.5, 0.6) is 0 Å². The van der Waals surface area contributed by atoms with Gasteiger partial charge in [0, 0.05) is 6.42 Å². The minimum Gasteiger partial charge on any atom is -0.394 e.